The third kappa shape index (κ3) is 5.53. The van der Waals surface area contributed by atoms with Gasteiger partial charge in [-0.3, -0.25) is 4.79 Å². The Morgan fingerprint density at radius 3 is 2.71 bits per heavy atom. The molecule has 0 aliphatic carbocycles. The average Bonchev–Trinajstić information content (AvgIpc) is 3.06. The van der Waals surface area contributed by atoms with Crippen LogP contribution < -0.4 is 15.4 Å². The number of nitrogens with one attached hydrogen (secondary N) is 2. The van der Waals surface area contributed by atoms with E-state index in [1.165, 1.54) is 17.0 Å². The van der Waals surface area contributed by atoms with Crippen molar-refractivity contribution >= 4 is 22.9 Å². The number of hydrogen-bond acceptors (Lipinski definition) is 4. The summed E-state index contributed by atoms with van der Waals surface area (Å²) in [5, 5.41) is 6.31. The zero-order valence-electron chi connectivity index (χ0n) is 18.0. The van der Waals surface area contributed by atoms with Crippen LogP contribution in [0.4, 0.5) is 9.18 Å². The lowest BCUT2D eigenvalue weighted by Crippen LogP contribution is -2.36. The number of urea groups is 1. The lowest BCUT2D eigenvalue weighted by Gasteiger charge is -2.14. The monoisotopic (exact) mass is 427 g/mol. The molecule has 0 spiro atoms. The van der Waals surface area contributed by atoms with Gasteiger partial charge in [0.1, 0.15) is 22.9 Å². The van der Waals surface area contributed by atoms with Gasteiger partial charge in [-0.2, -0.15) is 0 Å². The maximum Gasteiger partial charge on any atom is 0.315 e. The number of benzene rings is 2. The molecule has 0 fully saturated rings. The minimum atomic E-state index is -0.401. The van der Waals surface area contributed by atoms with Gasteiger partial charge in [0.15, 0.2) is 6.61 Å². The highest BCUT2D eigenvalue weighted by Gasteiger charge is 2.18. The molecule has 0 aliphatic heterocycles. The Kier molecular flexibility index (Phi) is 6.79. The van der Waals surface area contributed by atoms with E-state index in [4.69, 9.17) is 9.15 Å². The molecule has 0 aliphatic rings. The van der Waals surface area contributed by atoms with E-state index in [2.05, 4.69) is 10.6 Å². The molecule has 2 N–H and O–H groups in total. The van der Waals surface area contributed by atoms with Crippen molar-refractivity contribution in [1.82, 2.24) is 15.5 Å². The minimum absolute atomic E-state index is 0.0529. The van der Waals surface area contributed by atoms with Crippen molar-refractivity contribution in [2.45, 2.75) is 26.4 Å². The number of carbonyl (C=O) groups is 2. The van der Waals surface area contributed by atoms with Crippen molar-refractivity contribution in [3.8, 4) is 5.75 Å². The van der Waals surface area contributed by atoms with Crippen LogP contribution in [0.15, 0.2) is 46.9 Å². The van der Waals surface area contributed by atoms with Gasteiger partial charge in [0, 0.05) is 31.6 Å². The van der Waals surface area contributed by atoms with E-state index in [0.717, 1.165) is 11.1 Å². The standard InChI is InChI=1S/C23H26FN3O4/c1-14-19-11-17(24)8-9-20(19)31-22(14)15(2)26-23(29)25-12-16-6-5-7-18(10-16)30-13-21(28)27(3)4/h5-11,15H,12-13H2,1-4H3,(H2,25,26,29). The second-order valence-electron chi connectivity index (χ2n) is 7.50. The number of ether oxygens (including phenoxy) is 1. The molecule has 1 unspecified atom stereocenters. The third-order valence-corrected chi connectivity index (χ3v) is 4.89. The molecule has 164 valence electrons. The number of fused-ring (bicyclic) bond motifs is 1. The van der Waals surface area contributed by atoms with Gasteiger partial charge in [0.05, 0.1) is 6.04 Å². The molecule has 1 heterocycles. The highest BCUT2D eigenvalue weighted by Crippen LogP contribution is 2.29. The van der Waals surface area contributed by atoms with E-state index in [0.29, 0.717) is 22.5 Å². The van der Waals surface area contributed by atoms with Gasteiger partial charge in [-0.25, -0.2) is 9.18 Å². The van der Waals surface area contributed by atoms with Gasteiger partial charge < -0.3 is 24.7 Å². The number of nitrogens with zero attached hydrogens (tertiary/aromatic N) is 1. The summed E-state index contributed by atoms with van der Waals surface area (Å²) in [7, 11) is 3.33. The summed E-state index contributed by atoms with van der Waals surface area (Å²) >= 11 is 0. The normalized spacial score (nSPS) is 11.8. The highest BCUT2D eigenvalue weighted by molar-refractivity contribution is 5.82. The zero-order valence-corrected chi connectivity index (χ0v) is 18.0. The third-order valence-electron chi connectivity index (χ3n) is 4.89. The number of amides is 3. The molecule has 1 aromatic heterocycles. The van der Waals surface area contributed by atoms with Crippen LogP contribution in [0.25, 0.3) is 11.0 Å². The first-order valence-electron chi connectivity index (χ1n) is 9.89. The summed E-state index contributed by atoms with van der Waals surface area (Å²) in [5.41, 5.74) is 2.19. The number of halogens is 1. The number of hydrogen-bond donors (Lipinski definition) is 2. The average molecular weight is 427 g/mol. The van der Waals surface area contributed by atoms with E-state index in [-0.39, 0.29) is 30.9 Å². The molecule has 1 atom stereocenters. The van der Waals surface area contributed by atoms with Gasteiger partial charge in [-0.1, -0.05) is 12.1 Å². The zero-order chi connectivity index (χ0) is 22.5. The van der Waals surface area contributed by atoms with Crippen LogP contribution >= 0.6 is 0 Å². The van der Waals surface area contributed by atoms with E-state index in [1.54, 1.807) is 45.3 Å². The maximum absolute atomic E-state index is 13.5. The Morgan fingerprint density at radius 1 is 1.19 bits per heavy atom. The Morgan fingerprint density at radius 2 is 1.97 bits per heavy atom. The second-order valence-corrected chi connectivity index (χ2v) is 7.50. The summed E-state index contributed by atoms with van der Waals surface area (Å²) in [6, 6.07) is 10.7. The number of aryl methyl sites for hydroxylation is 1. The predicted octanol–water partition coefficient (Wildman–Crippen LogP) is 3.91. The lowest BCUT2D eigenvalue weighted by molar-refractivity contribution is -0.130. The molecule has 3 aromatic rings. The van der Waals surface area contributed by atoms with Crippen LogP contribution in [0.5, 0.6) is 5.75 Å². The number of furan rings is 1. The smallest absolute Gasteiger partial charge is 0.315 e. The van der Waals surface area contributed by atoms with Crippen molar-refractivity contribution in [3.05, 3.63) is 65.2 Å². The van der Waals surface area contributed by atoms with Crippen LogP contribution in [-0.4, -0.2) is 37.5 Å². The van der Waals surface area contributed by atoms with Crippen LogP contribution in [0, 0.1) is 12.7 Å². The van der Waals surface area contributed by atoms with E-state index >= 15 is 0 Å². The molecule has 31 heavy (non-hydrogen) atoms. The Hall–Kier alpha value is -3.55. The second kappa shape index (κ2) is 9.51. The fourth-order valence-corrected chi connectivity index (χ4v) is 3.14. The van der Waals surface area contributed by atoms with E-state index in [9.17, 15) is 14.0 Å². The van der Waals surface area contributed by atoms with Crippen LogP contribution in [0.1, 0.15) is 29.9 Å². The Labute approximate surface area is 180 Å². The van der Waals surface area contributed by atoms with Crippen LogP contribution in [0.2, 0.25) is 0 Å². The molecule has 0 saturated heterocycles. The fourth-order valence-electron chi connectivity index (χ4n) is 3.14. The molecule has 8 heteroatoms. The van der Waals surface area contributed by atoms with Gasteiger partial charge in [-0.05, 0) is 49.7 Å². The van der Waals surface area contributed by atoms with Gasteiger partial charge in [0.2, 0.25) is 0 Å². The van der Waals surface area contributed by atoms with E-state index < -0.39 is 6.04 Å². The van der Waals surface area contributed by atoms with Crippen molar-refractivity contribution < 1.29 is 23.1 Å². The number of carbonyl (C=O) groups excluding carboxylic acids is 2. The summed E-state index contributed by atoms with van der Waals surface area (Å²) < 4.78 is 24.8. The van der Waals surface area contributed by atoms with E-state index in [1.807, 2.05) is 13.0 Å². The largest absolute Gasteiger partial charge is 0.484 e. The highest BCUT2D eigenvalue weighted by atomic mass is 19.1. The van der Waals surface area contributed by atoms with Gasteiger partial charge in [-0.15, -0.1) is 0 Å². The minimum Gasteiger partial charge on any atom is -0.484 e. The van der Waals surface area contributed by atoms with Crippen LogP contribution in [-0.2, 0) is 11.3 Å². The molecule has 2 aromatic carbocycles. The number of likely N-dealkylation sites (N-methyl/N-ethyl adjacent to an activating group) is 1. The van der Waals surface area contributed by atoms with Crippen molar-refractivity contribution in [1.29, 1.82) is 0 Å². The number of rotatable bonds is 7. The summed E-state index contributed by atoms with van der Waals surface area (Å²) in [6.07, 6.45) is 0. The molecule has 0 bridgehead atoms. The summed E-state index contributed by atoms with van der Waals surface area (Å²) in [6.45, 7) is 3.87. The lowest BCUT2D eigenvalue weighted by atomic mass is 10.1. The SMILES string of the molecule is Cc1c(C(C)NC(=O)NCc2cccc(OCC(=O)N(C)C)c2)oc2ccc(F)cc12. The molecule has 3 rings (SSSR count). The fraction of sp³-hybridized carbons (Fsp3) is 0.304. The topological polar surface area (TPSA) is 83.8 Å². The van der Waals surface area contributed by atoms with Crippen molar-refractivity contribution in [2.24, 2.45) is 0 Å². The van der Waals surface area contributed by atoms with Crippen molar-refractivity contribution in [2.75, 3.05) is 20.7 Å². The Bertz CT molecular complexity index is 1090. The summed E-state index contributed by atoms with van der Waals surface area (Å²) in [4.78, 5) is 25.4. The summed E-state index contributed by atoms with van der Waals surface area (Å²) in [5.74, 6) is 0.657. The maximum atomic E-state index is 13.5. The molecule has 0 radical (unpaired) electrons. The molecule has 0 saturated carbocycles. The quantitative estimate of drug-likeness (QED) is 0.599. The van der Waals surface area contributed by atoms with Gasteiger partial charge in [0.25, 0.3) is 5.91 Å². The first-order valence-corrected chi connectivity index (χ1v) is 9.89. The molecule has 3 amide bonds. The first-order chi connectivity index (χ1) is 14.7. The molecule has 7 nitrogen and oxygen atoms in total. The predicted molar refractivity (Wildman–Crippen MR) is 115 cm³/mol. The molecular formula is C23H26FN3O4. The molecular weight excluding hydrogens is 401 g/mol. The van der Waals surface area contributed by atoms with Crippen LogP contribution in [0.3, 0.4) is 0 Å². The first kappa shape index (κ1) is 22.1. The Balaban J connectivity index is 1.56. The van der Waals surface area contributed by atoms with Crippen molar-refractivity contribution in [3.63, 3.8) is 0 Å². The van der Waals surface area contributed by atoms with Gasteiger partial charge >= 0.3 is 6.03 Å².